The molecule has 1 aromatic carbocycles. The lowest BCUT2D eigenvalue weighted by molar-refractivity contribution is 0.262. The van der Waals surface area contributed by atoms with Crippen molar-refractivity contribution in [3.8, 4) is 11.5 Å². The number of carbonyl (C=O) groups excluding carboxylic acids is 1. The molecular formula is C20H27N3O3. The van der Waals surface area contributed by atoms with Gasteiger partial charge in [0.15, 0.2) is 0 Å². The predicted molar refractivity (Wildman–Crippen MR) is 104 cm³/mol. The number of rotatable bonds is 7. The zero-order valence-electron chi connectivity index (χ0n) is 16.1. The zero-order chi connectivity index (χ0) is 19.1. The molecule has 0 fully saturated rings. The number of aryl methyl sites for hydroxylation is 1. The smallest absolute Gasteiger partial charge is 0.324 e. The average molecular weight is 357 g/mol. The van der Waals surface area contributed by atoms with E-state index in [4.69, 9.17) is 9.47 Å². The highest BCUT2D eigenvalue weighted by molar-refractivity contribution is 5.99. The van der Waals surface area contributed by atoms with Gasteiger partial charge >= 0.3 is 6.03 Å². The van der Waals surface area contributed by atoms with E-state index in [0.29, 0.717) is 18.1 Å². The number of methoxy groups -OCH3 is 1. The van der Waals surface area contributed by atoms with Crippen molar-refractivity contribution >= 4 is 17.5 Å². The minimum absolute atomic E-state index is 0.343. The average Bonchev–Trinajstić information content (AvgIpc) is 2.63. The van der Waals surface area contributed by atoms with Crippen LogP contribution in [0.2, 0.25) is 0 Å². The SMILES string of the molecule is CCCCOc1c(C)nc(NC(=O)Nc2ccc(OC)cc2)c(C)c1C. The molecule has 140 valence electrons. The fraction of sp³-hybridized carbons (Fsp3) is 0.400. The third-order valence-electron chi connectivity index (χ3n) is 4.19. The maximum atomic E-state index is 12.3. The van der Waals surface area contributed by atoms with Crippen molar-refractivity contribution in [2.24, 2.45) is 0 Å². The van der Waals surface area contributed by atoms with Crippen molar-refractivity contribution in [1.29, 1.82) is 0 Å². The van der Waals surface area contributed by atoms with Gasteiger partial charge in [0.2, 0.25) is 0 Å². The number of pyridine rings is 1. The molecule has 1 aromatic heterocycles. The van der Waals surface area contributed by atoms with Gasteiger partial charge in [-0.2, -0.15) is 0 Å². The second kappa shape index (κ2) is 9.08. The van der Waals surface area contributed by atoms with Gasteiger partial charge in [0, 0.05) is 5.69 Å². The van der Waals surface area contributed by atoms with E-state index in [0.717, 1.165) is 41.2 Å². The minimum Gasteiger partial charge on any atom is -0.497 e. The molecule has 26 heavy (non-hydrogen) atoms. The van der Waals surface area contributed by atoms with Gasteiger partial charge in [-0.25, -0.2) is 9.78 Å². The van der Waals surface area contributed by atoms with Crippen molar-refractivity contribution in [1.82, 2.24) is 4.98 Å². The minimum atomic E-state index is -0.343. The Morgan fingerprint density at radius 2 is 1.77 bits per heavy atom. The third kappa shape index (κ3) is 4.88. The van der Waals surface area contributed by atoms with Gasteiger partial charge in [-0.15, -0.1) is 0 Å². The fourth-order valence-corrected chi connectivity index (χ4v) is 2.52. The summed E-state index contributed by atoms with van der Waals surface area (Å²) in [6.07, 6.45) is 2.08. The predicted octanol–water partition coefficient (Wildman–Crippen LogP) is 4.84. The number of aromatic nitrogens is 1. The first kappa shape index (κ1) is 19.6. The molecule has 0 aliphatic heterocycles. The number of amides is 2. The van der Waals surface area contributed by atoms with Crippen LogP contribution >= 0.6 is 0 Å². The molecule has 0 aliphatic carbocycles. The first-order chi connectivity index (χ1) is 12.5. The monoisotopic (exact) mass is 357 g/mol. The van der Waals surface area contributed by atoms with Crippen LogP contribution in [0.3, 0.4) is 0 Å². The van der Waals surface area contributed by atoms with E-state index in [1.807, 2.05) is 20.8 Å². The molecule has 0 saturated carbocycles. The molecule has 0 bridgehead atoms. The van der Waals surface area contributed by atoms with E-state index in [1.54, 1.807) is 31.4 Å². The summed E-state index contributed by atoms with van der Waals surface area (Å²) < 4.78 is 11.0. The van der Waals surface area contributed by atoms with E-state index >= 15 is 0 Å². The Balaban J connectivity index is 2.09. The van der Waals surface area contributed by atoms with Crippen LogP contribution in [0.25, 0.3) is 0 Å². The van der Waals surface area contributed by atoms with Crippen molar-refractivity contribution in [3.05, 3.63) is 41.1 Å². The summed E-state index contributed by atoms with van der Waals surface area (Å²) >= 11 is 0. The number of urea groups is 1. The highest BCUT2D eigenvalue weighted by Gasteiger charge is 2.15. The number of nitrogens with one attached hydrogen (secondary N) is 2. The first-order valence-corrected chi connectivity index (χ1v) is 8.78. The second-order valence-corrected chi connectivity index (χ2v) is 6.13. The molecule has 6 nitrogen and oxygen atoms in total. The maximum Gasteiger partial charge on any atom is 0.324 e. The molecule has 2 amide bonds. The lowest BCUT2D eigenvalue weighted by Crippen LogP contribution is -2.21. The van der Waals surface area contributed by atoms with Crippen LogP contribution in [0.4, 0.5) is 16.3 Å². The summed E-state index contributed by atoms with van der Waals surface area (Å²) in [5.74, 6) is 2.07. The molecule has 6 heteroatoms. The van der Waals surface area contributed by atoms with Crippen LogP contribution in [0.1, 0.15) is 36.6 Å². The molecule has 2 N–H and O–H groups in total. The summed E-state index contributed by atoms with van der Waals surface area (Å²) in [6.45, 7) is 8.60. The summed E-state index contributed by atoms with van der Waals surface area (Å²) in [5.41, 5.74) is 3.33. The van der Waals surface area contributed by atoms with Crippen LogP contribution in [-0.4, -0.2) is 24.7 Å². The molecule has 2 rings (SSSR count). The molecule has 2 aromatic rings. The Kier molecular flexibility index (Phi) is 6.83. The van der Waals surface area contributed by atoms with E-state index in [1.165, 1.54) is 0 Å². The lowest BCUT2D eigenvalue weighted by atomic mass is 10.1. The summed E-state index contributed by atoms with van der Waals surface area (Å²) in [4.78, 5) is 16.8. The van der Waals surface area contributed by atoms with Crippen molar-refractivity contribution < 1.29 is 14.3 Å². The molecule has 0 radical (unpaired) electrons. The number of anilines is 2. The Morgan fingerprint density at radius 3 is 2.38 bits per heavy atom. The lowest BCUT2D eigenvalue weighted by Gasteiger charge is -2.17. The van der Waals surface area contributed by atoms with E-state index in [2.05, 4.69) is 22.5 Å². The largest absolute Gasteiger partial charge is 0.497 e. The van der Waals surface area contributed by atoms with Crippen LogP contribution in [0.15, 0.2) is 24.3 Å². The van der Waals surface area contributed by atoms with Gasteiger partial charge in [0.05, 0.1) is 19.4 Å². The second-order valence-electron chi connectivity index (χ2n) is 6.13. The Labute approximate surface area is 154 Å². The van der Waals surface area contributed by atoms with Crippen LogP contribution in [-0.2, 0) is 0 Å². The Morgan fingerprint density at radius 1 is 1.08 bits per heavy atom. The zero-order valence-corrected chi connectivity index (χ0v) is 16.1. The van der Waals surface area contributed by atoms with Gasteiger partial charge in [-0.1, -0.05) is 13.3 Å². The summed E-state index contributed by atoms with van der Waals surface area (Å²) in [6, 6.07) is 6.79. The van der Waals surface area contributed by atoms with Gasteiger partial charge in [-0.3, -0.25) is 5.32 Å². The summed E-state index contributed by atoms with van der Waals surface area (Å²) in [7, 11) is 1.60. The van der Waals surface area contributed by atoms with Crippen molar-refractivity contribution in [2.45, 2.75) is 40.5 Å². The number of nitrogens with zero attached hydrogens (tertiary/aromatic N) is 1. The molecular weight excluding hydrogens is 330 g/mol. The quantitative estimate of drug-likeness (QED) is 0.696. The van der Waals surface area contributed by atoms with E-state index < -0.39 is 0 Å². The fourth-order valence-electron chi connectivity index (χ4n) is 2.52. The molecule has 1 heterocycles. The molecule has 0 spiro atoms. The number of ether oxygens (including phenoxy) is 2. The Bertz CT molecular complexity index is 758. The highest BCUT2D eigenvalue weighted by Crippen LogP contribution is 2.29. The van der Waals surface area contributed by atoms with Crippen LogP contribution < -0.4 is 20.1 Å². The molecule has 0 unspecified atom stereocenters. The number of hydrogen-bond donors (Lipinski definition) is 2. The third-order valence-corrected chi connectivity index (χ3v) is 4.19. The van der Waals surface area contributed by atoms with Gasteiger partial charge in [-0.05, 0) is 62.6 Å². The van der Waals surface area contributed by atoms with E-state index in [-0.39, 0.29) is 6.03 Å². The molecule has 0 atom stereocenters. The number of benzene rings is 1. The first-order valence-electron chi connectivity index (χ1n) is 8.78. The topological polar surface area (TPSA) is 72.5 Å². The van der Waals surface area contributed by atoms with E-state index in [9.17, 15) is 4.79 Å². The standard InChI is InChI=1S/C20H27N3O3/c1-6-7-12-26-18-13(2)14(3)19(21-15(18)4)23-20(24)22-16-8-10-17(25-5)11-9-16/h8-11H,6-7,12H2,1-5H3,(H2,21,22,23,24). The Hall–Kier alpha value is -2.76. The van der Waals surface area contributed by atoms with Crippen molar-refractivity contribution in [3.63, 3.8) is 0 Å². The van der Waals surface area contributed by atoms with Gasteiger partial charge in [0.25, 0.3) is 0 Å². The van der Waals surface area contributed by atoms with Gasteiger partial charge < -0.3 is 14.8 Å². The number of unbranched alkanes of at least 4 members (excludes halogenated alkanes) is 1. The number of hydrogen-bond acceptors (Lipinski definition) is 4. The van der Waals surface area contributed by atoms with Gasteiger partial charge in [0.1, 0.15) is 17.3 Å². The maximum absolute atomic E-state index is 12.3. The molecule has 0 saturated heterocycles. The number of carbonyl (C=O) groups is 1. The van der Waals surface area contributed by atoms with Crippen molar-refractivity contribution in [2.75, 3.05) is 24.4 Å². The van der Waals surface area contributed by atoms with Crippen LogP contribution in [0, 0.1) is 20.8 Å². The highest BCUT2D eigenvalue weighted by atomic mass is 16.5. The summed E-state index contributed by atoms with van der Waals surface area (Å²) in [5, 5.41) is 5.60. The van der Waals surface area contributed by atoms with Crippen LogP contribution in [0.5, 0.6) is 11.5 Å². The normalized spacial score (nSPS) is 10.3. The molecule has 0 aliphatic rings.